The van der Waals surface area contributed by atoms with Gasteiger partial charge in [0.25, 0.3) is 0 Å². The fourth-order valence-electron chi connectivity index (χ4n) is 1.25. The average molecular weight is 202 g/mol. The average Bonchev–Trinajstić information content (AvgIpc) is 2.29. The van der Waals surface area contributed by atoms with E-state index >= 15 is 0 Å². The van der Waals surface area contributed by atoms with Gasteiger partial charge in [-0.05, 0) is 19.1 Å². The maximum Gasteiger partial charge on any atom is 0.178 e. The minimum atomic E-state index is -0.0958. The topological polar surface area (TPSA) is 71.8 Å². The molecular formula is C10H10N4O. The van der Waals surface area contributed by atoms with Gasteiger partial charge in [-0.25, -0.2) is 19.9 Å². The lowest BCUT2D eigenvalue weighted by Gasteiger charge is -2.02. The molecule has 15 heavy (non-hydrogen) atoms. The molecule has 5 heteroatoms. The Morgan fingerprint density at radius 1 is 1.33 bits per heavy atom. The van der Waals surface area contributed by atoms with Gasteiger partial charge in [0.15, 0.2) is 5.82 Å². The van der Waals surface area contributed by atoms with Crippen LogP contribution in [0.1, 0.15) is 11.4 Å². The van der Waals surface area contributed by atoms with Crippen LogP contribution in [0.4, 0.5) is 0 Å². The lowest BCUT2D eigenvalue weighted by Crippen LogP contribution is -1.99. The van der Waals surface area contributed by atoms with Gasteiger partial charge >= 0.3 is 0 Å². The predicted molar refractivity (Wildman–Crippen MR) is 53.7 cm³/mol. The van der Waals surface area contributed by atoms with E-state index in [9.17, 15) is 0 Å². The van der Waals surface area contributed by atoms with E-state index in [1.54, 1.807) is 18.3 Å². The van der Waals surface area contributed by atoms with Gasteiger partial charge in [-0.2, -0.15) is 0 Å². The molecule has 0 saturated carbocycles. The molecule has 76 valence electrons. The second kappa shape index (κ2) is 4.10. The SMILES string of the molecule is Cc1cc(CO)nc(-c2ccncn2)n1. The van der Waals surface area contributed by atoms with Crippen molar-refractivity contribution in [2.24, 2.45) is 0 Å². The zero-order valence-electron chi connectivity index (χ0n) is 8.25. The molecule has 0 bridgehead atoms. The highest BCUT2D eigenvalue weighted by Crippen LogP contribution is 2.11. The molecule has 0 atom stereocenters. The Balaban J connectivity index is 2.49. The van der Waals surface area contributed by atoms with Crippen LogP contribution in [0, 0.1) is 6.92 Å². The number of hydrogen-bond acceptors (Lipinski definition) is 5. The lowest BCUT2D eigenvalue weighted by atomic mass is 10.3. The minimum Gasteiger partial charge on any atom is -0.390 e. The Hall–Kier alpha value is -1.88. The first-order valence-electron chi connectivity index (χ1n) is 4.51. The summed E-state index contributed by atoms with van der Waals surface area (Å²) < 4.78 is 0. The van der Waals surface area contributed by atoms with Crippen LogP contribution in [-0.2, 0) is 6.61 Å². The molecule has 5 nitrogen and oxygen atoms in total. The summed E-state index contributed by atoms with van der Waals surface area (Å²) in [4.78, 5) is 16.3. The van der Waals surface area contributed by atoms with Gasteiger partial charge in [0.1, 0.15) is 12.0 Å². The Labute approximate surface area is 86.9 Å². The zero-order chi connectivity index (χ0) is 10.7. The molecule has 2 heterocycles. The van der Waals surface area contributed by atoms with Crippen LogP contribution in [0.15, 0.2) is 24.7 Å². The molecule has 0 aliphatic rings. The molecule has 0 unspecified atom stereocenters. The number of rotatable bonds is 2. The Morgan fingerprint density at radius 3 is 2.87 bits per heavy atom. The van der Waals surface area contributed by atoms with Crippen molar-refractivity contribution in [3.63, 3.8) is 0 Å². The van der Waals surface area contributed by atoms with Gasteiger partial charge in [-0.1, -0.05) is 0 Å². The van der Waals surface area contributed by atoms with E-state index in [0.717, 1.165) is 5.69 Å². The predicted octanol–water partition coefficient (Wildman–Crippen LogP) is 0.734. The van der Waals surface area contributed by atoms with Gasteiger partial charge in [-0.15, -0.1) is 0 Å². The number of aliphatic hydroxyl groups excluding tert-OH is 1. The first kappa shape index (κ1) is 9.67. The summed E-state index contributed by atoms with van der Waals surface area (Å²) in [6, 6.07) is 3.47. The summed E-state index contributed by atoms with van der Waals surface area (Å²) in [7, 11) is 0. The van der Waals surface area contributed by atoms with E-state index in [-0.39, 0.29) is 6.61 Å². The first-order valence-corrected chi connectivity index (χ1v) is 4.51. The molecule has 2 aromatic rings. The third-order valence-electron chi connectivity index (χ3n) is 1.88. The van der Waals surface area contributed by atoms with E-state index in [1.165, 1.54) is 6.33 Å². The quantitative estimate of drug-likeness (QED) is 0.777. The molecule has 0 radical (unpaired) electrons. The van der Waals surface area contributed by atoms with Crippen LogP contribution in [0.2, 0.25) is 0 Å². The van der Waals surface area contributed by atoms with Crippen molar-refractivity contribution in [1.29, 1.82) is 0 Å². The maximum atomic E-state index is 9.01. The molecule has 0 aromatic carbocycles. The molecule has 1 N–H and O–H groups in total. The summed E-state index contributed by atoms with van der Waals surface area (Å²) in [6.07, 6.45) is 3.08. The van der Waals surface area contributed by atoms with Crippen molar-refractivity contribution >= 4 is 0 Å². The number of aryl methyl sites for hydroxylation is 1. The van der Waals surface area contributed by atoms with Gasteiger partial charge < -0.3 is 5.11 Å². The van der Waals surface area contributed by atoms with Crippen molar-refractivity contribution in [2.45, 2.75) is 13.5 Å². The minimum absolute atomic E-state index is 0.0958. The van der Waals surface area contributed by atoms with Crippen molar-refractivity contribution in [3.8, 4) is 11.5 Å². The molecule has 0 spiro atoms. The smallest absolute Gasteiger partial charge is 0.178 e. The number of aliphatic hydroxyl groups is 1. The summed E-state index contributed by atoms with van der Waals surface area (Å²) >= 11 is 0. The van der Waals surface area contributed by atoms with Crippen molar-refractivity contribution in [1.82, 2.24) is 19.9 Å². The van der Waals surface area contributed by atoms with Gasteiger partial charge in [0.05, 0.1) is 12.3 Å². The maximum absolute atomic E-state index is 9.01. The molecule has 0 amide bonds. The fraction of sp³-hybridized carbons (Fsp3) is 0.200. The van der Waals surface area contributed by atoms with Crippen molar-refractivity contribution in [3.05, 3.63) is 36.0 Å². The van der Waals surface area contributed by atoms with E-state index in [4.69, 9.17) is 5.11 Å². The van der Waals surface area contributed by atoms with Crippen LogP contribution in [-0.4, -0.2) is 25.0 Å². The third kappa shape index (κ3) is 2.13. The lowest BCUT2D eigenvalue weighted by molar-refractivity contribution is 0.276. The van der Waals surface area contributed by atoms with Crippen LogP contribution in [0.5, 0.6) is 0 Å². The number of nitrogens with zero attached hydrogens (tertiary/aromatic N) is 4. The third-order valence-corrected chi connectivity index (χ3v) is 1.88. The standard InChI is InChI=1S/C10H10N4O/c1-7-4-8(5-15)14-10(13-7)9-2-3-11-6-12-9/h2-4,6,15H,5H2,1H3. The molecule has 0 aliphatic carbocycles. The summed E-state index contributed by atoms with van der Waals surface area (Å²) in [5.41, 5.74) is 2.06. The normalized spacial score (nSPS) is 10.3. The molecule has 0 aliphatic heterocycles. The number of aromatic nitrogens is 4. The highest BCUT2D eigenvalue weighted by Gasteiger charge is 2.04. The largest absolute Gasteiger partial charge is 0.390 e. The van der Waals surface area contributed by atoms with E-state index in [1.807, 2.05) is 6.92 Å². The second-order valence-corrected chi connectivity index (χ2v) is 3.08. The molecular weight excluding hydrogens is 192 g/mol. The summed E-state index contributed by atoms with van der Waals surface area (Å²) in [5.74, 6) is 0.515. The fourth-order valence-corrected chi connectivity index (χ4v) is 1.25. The Morgan fingerprint density at radius 2 is 2.20 bits per heavy atom. The zero-order valence-corrected chi connectivity index (χ0v) is 8.25. The first-order chi connectivity index (χ1) is 7.29. The van der Waals surface area contributed by atoms with Crippen LogP contribution < -0.4 is 0 Å². The van der Waals surface area contributed by atoms with Crippen LogP contribution >= 0.6 is 0 Å². The highest BCUT2D eigenvalue weighted by atomic mass is 16.3. The summed E-state index contributed by atoms with van der Waals surface area (Å²) in [6.45, 7) is 1.76. The monoisotopic (exact) mass is 202 g/mol. The van der Waals surface area contributed by atoms with E-state index < -0.39 is 0 Å². The van der Waals surface area contributed by atoms with E-state index in [2.05, 4.69) is 19.9 Å². The molecule has 0 saturated heterocycles. The highest BCUT2D eigenvalue weighted by molar-refractivity contribution is 5.48. The number of hydrogen-bond donors (Lipinski definition) is 1. The van der Waals surface area contributed by atoms with Crippen molar-refractivity contribution < 1.29 is 5.11 Å². The molecule has 0 fully saturated rings. The molecule has 2 aromatic heterocycles. The van der Waals surface area contributed by atoms with Crippen LogP contribution in [0.3, 0.4) is 0 Å². The summed E-state index contributed by atoms with van der Waals surface area (Å²) in [5, 5.41) is 9.01. The molecule has 2 rings (SSSR count). The second-order valence-electron chi connectivity index (χ2n) is 3.08. The Kier molecular flexibility index (Phi) is 2.64. The van der Waals surface area contributed by atoms with Crippen molar-refractivity contribution in [2.75, 3.05) is 0 Å². The van der Waals surface area contributed by atoms with E-state index in [0.29, 0.717) is 17.2 Å². The van der Waals surface area contributed by atoms with Gasteiger partial charge in [-0.3, -0.25) is 0 Å². The van der Waals surface area contributed by atoms with Gasteiger partial charge in [0, 0.05) is 11.9 Å². The Bertz CT molecular complexity index is 458. The van der Waals surface area contributed by atoms with Gasteiger partial charge in [0.2, 0.25) is 0 Å². The van der Waals surface area contributed by atoms with Crippen LogP contribution in [0.25, 0.3) is 11.5 Å².